The fraction of sp³-hybridized carbons (Fsp3) is 0.111. The molecule has 2 N–H and O–H groups in total. The fourth-order valence-electron chi connectivity index (χ4n) is 4.34. The molecule has 0 aliphatic heterocycles. The molecule has 0 spiro atoms. The van der Waals surface area contributed by atoms with E-state index in [9.17, 15) is 4.39 Å². The molecule has 0 bridgehead atoms. The predicted octanol–water partition coefficient (Wildman–Crippen LogP) is 5.43. The van der Waals surface area contributed by atoms with E-state index in [0.29, 0.717) is 17.0 Å². The van der Waals surface area contributed by atoms with E-state index in [4.69, 9.17) is 4.98 Å². The van der Waals surface area contributed by atoms with Crippen molar-refractivity contribution >= 4 is 21.9 Å². The summed E-state index contributed by atoms with van der Waals surface area (Å²) in [5.41, 5.74) is 7.92. The third-order valence-electron chi connectivity index (χ3n) is 5.93. The maximum absolute atomic E-state index is 13.4. The molecule has 0 amide bonds. The standard InChI is InChI=1S/C27H22FN7/c1-35(2)15-16-11-19(14-29-13-16)18-5-8-22-21(12-18)25(34-33-22)27-31-23-9-10-30-24(26(23)32-27)17-3-6-20(28)7-4-17/h3-14H,15H2,1-2H3,(H,31,32)(H,33,34). The second-order valence-electron chi connectivity index (χ2n) is 8.80. The summed E-state index contributed by atoms with van der Waals surface area (Å²) >= 11 is 0. The van der Waals surface area contributed by atoms with Crippen molar-refractivity contribution in [1.82, 2.24) is 35.0 Å². The Morgan fingerprint density at radius 2 is 1.69 bits per heavy atom. The van der Waals surface area contributed by atoms with Gasteiger partial charge < -0.3 is 9.88 Å². The lowest BCUT2D eigenvalue weighted by atomic mass is 10.0. The maximum atomic E-state index is 13.4. The molecule has 0 aliphatic carbocycles. The minimum absolute atomic E-state index is 0.287. The Morgan fingerprint density at radius 1 is 0.857 bits per heavy atom. The average Bonchev–Trinajstić information content (AvgIpc) is 3.48. The molecule has 2 aromatic carbocycles. The van der Waals surface area contributed by atoms with E-state index in [1.165, 1.54) is 12.1 Å². The first kappa shape index (κ1) is 21.1. The number of hydrogen-bond acceptors (Lipinski definition) is 5. The van der Waals surface area contributed by atoms with E-state index < -0.39 is 0 Å². The second-order valence-corrected chi connectivity index (χ2v) is 8.80. The molecule has 0 aliphatic rings. The highest BCUT2D eigenvalue weighted by molar-refractivity contribution is 5.97. The van der Waals surface area contributed by atoms with Crippen LogP contribution >= 0.6 is 0 Å². The molecule has 0 saturated heterocycles. The van der Waals surface area contributed by atoms with Crippen molar-refractivity contribution in [1.29, 1.82) is 0 Å². The van der Waals surface area contributed by atoms with Gasteiger partial charge in [-0.1, -0.05) is 6.07 Å². The molecule has 7 nitrogen and oxygen atoms in total. The first-order chi connectivity index (χ1) is 17.0. The van der Waals surface area contributed by atoms with Gasteiger partial charge in [0.05, 0.1) is 16.7 Å². The highest BCUT2D eigenvalue weighted by Gasteiger charge is 2.16. The zero-order valence-corrected chi connectivity index (χ0v) is 19.2. The minimum Gasteiger partial charge on any atom is -0.336 e. The van der Waals surface area contributed by atoms with Crippen LogP contribution in [0.15, 0.2) is 73.2 Å². The van der Waals surface area contributed by atoms with E-state index in [1.807, 2.05) is 38.6 Å². The summed E-state index contributed by atoms with van der Waals surface area (Å²) in [6.07, 6.45) is 5.49. The number of H-pyrrole nitrogens is 2. The highest BCUT2D eigenvalue weighted by Crippen LogP contribution is 2.32. The summed E-state index contributed by atoms with van der Waals surface area (Å²) in [6.45, 7) is 0.823. The Bertz CT molecular complexity index is 1670. The maximum Gasteiger partial charge on any atom is 0.159 e. The molecular weight excluding hydrogens is 441 g/mol. The van der Waals surface area contributed by atoms with Crippen LogP contribution in [0, 0.1) is 5.82 Å². The van der Waals surface area contributed by atoms with Crippen LogP contribution in [0.5, 0.6) is 0 Å². The van der Waals surface area contributed by atoms with Crippen LogP contribution in [0.4, 0.5) is 4.39 Å². The zero-order valence-electron chi connectivity index (χ0n) is 19.2. The van der Waals surface area contributed by atoms with Crippen LogP contribution < -0.4 is 0 Å². The van der Waals surface area contributed by atoms with E-state index in [1.54, 1.807) is 18.3 Å². The lowest BCUT2D eigenvalue weighted by Gasteiger charge is -2.10. The van der Waals surface area contributed by atoms with Gasteiger partial charge in [0, 0.05) is 41.6 Å². The number of aromatic nitrogens is 6. The van der Waals surface area contributed by atoms with E-state index in [2.05, 4.69) is 48.2 Å². The van der Waals surface area contributed by atoms with Gasteiger partial charge in [0.2, 0.25) is 0 Å². The number of benzene rings is 2. The number of nitrogens with zero attached hydrogens (tertiary/aromatic N) is 5. The number of halogens is 1. The number of fused-ring (bicyclic) bond motifs is 2. The SMILES string of the molecule is CN(C)Cc1cncc(-c2ccc3[nH]nc(-c4nc5c(-c6ccc(F)cc6)nccc5[nH]4)c3c2)c1. The molecule has 0 unspecified atom stereocenters. The molecule has 172 valence electrons. The highest BCUT2D eigenvalue weighted by atomic mass is 19.1. The molecule has 0 saturated carbocycles. The van der Waals surface area contributed by atoms with Crippen molar-refractivity contribution in [3.63, 3.8) is 0 Å². The van der Waals surface area contributed by atoms with Crippen molar-refractivity contribution in [2.45, 2.75) is 6.54 Å². The molecule has 0 atom stereocenters. The Kier molecular flexibility index (Phi) is 5.08. The number of hydrogen-bond donors (Lipinski definition) is 2. The molecule has 6 rings (SSSR count). The Labute approximate surface area is 200 Å². The molecular formula is C27H22FN7. The number of pyridine rings is 2. The van der Waals surface area contributed by atoms with E-state index in [-0.39, 0.29) is 5.82 Å². The fourth-order valence-corrected chi connectivity index (χ4v) is 4.34. The minimum atomic E-state index is -0.287. The smallest absolute Gasteiger partial charge is 0.159 e. The molecule has 0 fully saturated rings. The van der Waals surface area contributed by atoms with Crippen LogP contribution in [-0.4, -0.2) is 49.1 Å². The van der Waals surface area contributed by atoms with Gasteiger partial charge >= 0.3 is 0 Å². The zero-order chi connectivity index (χ0) is 23.9. The number of nitrogens with one attached hydrogen (secondary N) is 2. The first-order valence-corrected chi connectivity index (χ1v) is 11.2. The van der Waals surface area contributed by atoms with Crippen molar-refractivity contribution in [2.24, 2.45) is 0 Å². The van der Waals surface area contributed by atoms with Gasteiger partial charge in [0.25, 0.3) is 0 Å². The average molecular weight is 464 g/mol. The number of imidazole rings is 1. The molecule has 4 heterocycles. The number of rotatable bonds is 5. The second kappa shape index (κ2) is 8.41. The van der Waals surface area contributed by atoms with Crippen LogP contribution in [0.25, 0.3) is 55.8 Å². The van der Waals surface area contributed by atoms with Crippen LogP contribution in [0.2, 0.25) is 0 Å². The van der Waals surface area contributed by atoms with Crippen LogP contribution in [-0.2, 0) is 6.54 Å². The number of aromatic amines is 2. The van der Waals surface area contributed by atoms with Gasteiger partial charge in [0.15, 0.2) is 5.82 Å². The van der Waals surface area contributed by atoms with E-state index in [0.717, 1.165) is 50.9 Å². The molecule has 4 aromatic heterocycles. The summed E-state index contributed by atoms with van der Waals surface area (Å²) in [5, 5.41) is 8.62. The van der Waals surface area contributed by atoms with Gasteiger partial charge in [0.1, 0.15) is 17.0 Å². The normalized spacial score (nSPS) is 11.7. The van der Waals surface area contributed by atoms with E-state index >= 15 is 0 Å². The quantitative estimate of drug-likeness (QED) is 0.356. The summed E-state index contributed by atoms with van der Waals surface area (Å²) < 4.78 is 13.4. The van der Waals surface area contributed by atoms with Crippen molar-refractivity contribution in [3.8, 4) is 33.9 Å². The van der Waals surface area contributed by atoms with Crippen molar-refractivity contribution in [3.05, 3.63) is 84.6 Å². The van der Waals surface area contributed by atoms with Crippen molar-refractivity contribution in [2.75, 3.05) is 14.1 Å². The van der Waals surface area contributed by atoms with Crippen LogP contribution in [0.3, 0.4) is 0 Å². The van der Waals surface area contributed by atoms with Crippen LogP contribution in [0.1, 0.15) is 5.56 Å². The lowest BCUT2D eigenvalue weighted by Crippen LogP contribution is -2.10. The predicted molar refractivity (Wildman–Crippen MR) is 135 cm³/mol. The Hall–Kier alpha value is -4.43. The Morgan fingerprint density at radius 3 is 2.51 bits per heavy atom. The summed E-state index contributed by atoms with van der Waals surface area (Å²) in [5.74, 6) is 0.351. The Balaban J connectivity index is 1.44. The van der Waals surface area contributed by atoms with Gasteiger partial charge in [-0.15, -0.1) is 0 Å². The van der Waals surface area contributed by atoms with Gasteiger partial charge in [-0.3, -0.25) is 15.1 Å². The van der Waals surface area contributed by atoms with Gasteiger partial charge in [-0.05, 0) is 73.8 Å². The molecule has 0 radical (unpaired) electrons. The third-order valence-corrected chi connectivity index (χ3v) is 5.93. The summed E-state index contributed by atoms with van der Waals surface area (Å²) in [4.78, 5) is 19.3. The molecule has 35 heavy (non-hydrogen) atoms. The molecule has 8 heteroatoms. The summed E-state index contributed by atoms with van der Waals surface area (Å²) in [6, 6.07) is 16.5. The lowest BCUT2D eigenvalue weighted by molar-refractivity contribution is 0.402. The molecule has 6 aromatic rings. The monoisotopic (exact) mass is 463 g/mol. The first-order valence-electron chi connectivity index (χ1n) is 11.2. The largest absolute Gasteiger partial charge is 0.336 e. The third kappa shape index (κ3) is 3.94. The topological polar surface area (TPSA) is 86.4 Å². The summed E-state index contributed by atoms with van der Waals surface area (Å²) in [7, 11) is 4.08. The van der Waals surface area contributed by atoms with Gasteiger partial charge in [-0.25, -0.2) is 9.37 Å². The van der Waals surface area contributed by atoms with Gasteiger partial charge in [-0.2, -0.15) is 5.10 Å². The van der Waals surface area contributed by atoms with Crippen molar-refractivity contribution < 1.29 is 4.39 Å².